The molecule has 3 heterocycles. The Bertz CT molecular complexity index is 3510. The molecular weight excluding hydrogens is 735 g/mol. The summed E-state index contributed by atoms with van der Waals surface area (Å²) in [5.74, 6) is 1.42. The lowest BCUT2D eigenvalue weighted by molar-refractivity contribution is 0.668. The van der Waals surface area contributed by atoms with Crippen molar-refractivity contribution in [3.8, 4) is 33.4 Å². The molecule has 1 N–H and O–H groups in total. The van der Waals surface area contributed by atoms with Gasteiger partial charge < -0.3 is 14.2 Å². The maximum absolute atomic E-state index is 6.46. The first-order chi connectivity index (χ1) is 29.7. The molecule has 0 fully saturated rings. The molecule has 9 aromatic carbocycles. The minimum Gasteiger partial charge on any atom is -0.456 e. The molecule has 0 bridgehead atoms. The molecule has 2 aromatic heterocycles. The van der Waals surface area contributed by atoms with Crippen LogP contribution in [0.5, 0.6) is 0 Å². The molecule has 0 saturated carbocycles. The van der Waals surface area contributed by atoms with Crippen LogP contribution in [0.4, 0.5) is 0 Å². The minimum atomic E-state index is -0.384. The normalized spacial score (nSPS) is 14.2. The summed E-state index contributed by atoms with van der Waals surface area (Å²) >= 11 is 0. The zero-order valence-corrected chi connectivity index (χ0v) is 32.3. The lowest BCUT2D eigenvalue weighted by atomic mass is 9.95. The first-order valence-corrected chi connectivity index (χ1v) is 20.2. The van der Waals surface area contributed by atoms with Crippen LogP contribution in [0.2, 0.25) is 0 Å². The van der Waals surface area contributed by atoms with E-state index in [-0.39, 0.29) is 6.17 Å². The van der Waals surface area contributed by atoms with E-state index in [4.69, 9.17) is 18.8 Å². The van der Waals surface area contributed by atoms with Gasteiger partial charge in [-0.25, -0.2) is 9.98 Å². The molecule has 0 saturated heterocycles. The summed E-state index contributed by atoms with van der Waals surface area (Å²) in [7, 11) is 0. The molecule has 60 heavy (non-hydrogen) atoms. The van der Waals surface area contributed by atoms with Crippen molar-refractivity contribution in [2.75, 3.05) is 0 Å². The second-order valence-corrected chi connectivity index (χ2v) is 15.4. The number of nitrogens with one attached hydrogen (secondary N) is 1. The van der Waals surface area contributed by atoms with Crippen LogP contribution in [0.25, 0.3) is 88.0 Å². The minimum absolute atomic E-state index is 0.384. The fourth-order valence-electron chi connectivity index (χ4n) is 8.78. The van der Waals surface area contributed by atoms with Crippen LogP contribution >= 0.6 is 0 Å². The molecule has 1 aliphatic rings. The van der Waals surface area contributed by atoms with E-state index >= 15 is 0 Å². The Morgan fingerprint density at radius 1 is 0.383 bits per heavy atom. The third-order valence-corrected chi connectivity index (χ3v) is 11.7. The van der Waals surface area contributed by atoms with Crippen molar-refractivity contribution in [2.45, 2.75) is 6.17 Å². The van der Waals surface area contributed by atoms with Gasteiger partial charge >= 0.3 is 0 Å². The summed E-state index contributed by atoms with van der Waals surface area (Å²) in [6.07, 6.45) is -0.384. The van der Waals surface area contributed by atoms with E-state index < -0.39 is 0 Å². The van der Waals surface area contributed by atoms with Crippen LogP contribution in [-0.2, 0) is 0 Å². The number of fused-ring (bicyclic) bond motifs is 7. The maximum atomic E-state index is 6.46. The van der Waals surface area contributed by atoms with Crippen LogP contribution in [0.15, 0.2) is 219 Å². The van der Waals surface area contributed by atoms with Gasteiger partial charge in [-0.3, -0.25) is 0 Å². The van der Waals surface area contributed by atoms with Crippen LogP contribution in [0.1, 0.15) is 22.9 Å². The highest BCUT2D eigenvalue weighted by molar-refractivity contribution is 6.22. The quantitative estimate of drug-likeness (QED) is 0.183. The molecule has 282 valence electrons. The van der Waals surface area contributed by atoms with Crippen LogP contribution in [-0.4, -0.2) is 11.7 Å². The second kappa shape index (κ2) is 13.8. The van der Waals surface area contributed by atoms with E-state index in [1.54, 1.807) is 0 Å². The maximum Gasteiger partial charge on any atom is 0.159 e. The van der Waals surface area contributed by atoms with Gasteiger partial charge in [-0.15, -0.1) is 0 Å². The van der Waals surface area contributed by atoms with Crippen LogP contribution in [0.3, 0.4) is 0 Å². The summed E-state index contributed by atoms with van der Waals surface area (Å²) < 4.78 is 12.8. The third kappa shape index (κ3) is 5.78. The summed E-state index contributed by atoms with van der Waals surface area (Å²) in [5, 5.41) is 10.3. The summed E-state index contributed by atoms with van der Waals surface area (Å²) in [4.78, 5) is 10.5. The number of aliphatic imine (C=N–C) groups is 2. The zero-order chi connectivity index (χ0) is 39.6. The van der Waals surface area contributed by atoms with Gasteiger partial charge in [0.1, 0.15) is 34.3 Å². The molecule has 0 aliphatic carbocycles. The van der Waals surface area contributed by atoms with Crippen molar-refractivity contribution < 1.29 is 8.83 Å². The highest BCUT2D eigenvalue weighted by Crippen LogP contribution is 2.40. The summed E-state index contributed by atoms with van der Waals surface area (Å²) in [6, 6.07) is 69.9. The number of hydrogen-bond acceptors (Lipinski definition) is 5. The number of amidine groups is 2. The van der Waals surface area contributed by atoms with Gasteiger partial charge in [-0.05, 0) is 92.2 Å². The van der Waals surface area contributed by atoms with Gasteiger partial charge in [-0.1, -0.05) is 158 Å². The molecular formula is C55H35N3O2. The fourth-order valence-corrected chi connectivity index (χ4v) is 8.78. The Hall–Kier alpha value is -8.02. The van der Waals surface area contributed by atoms with Gasteiger partial charge in [0.05, 0.1) is 0 Å². The molecule has 12 rings (SSSR count). The predicted molar refractivity (Wildman–Crippen MR) is 247 cm³/mol. The molecule has 1 aliphatic heterocycles. The van der Waals surface area contributed by atoms with Gasteiger partial charge in [0, 0.05) is 32.7 Å². The molecule has 0 spiro atoms. The highest BCUT2D eigenvalue weighted by atomic mass is 16.3. The largest absolute Gasteiger partial charge is 0.456 e. The molecule has 11 aromatic rings. The Kier molecular flexibility index (Phi) is 7.85. The molecule has 1 unspecified atom stereocenters. The Morgan fingerprint density at radius 2 is 0.950 bits per heavy atom. The van der Waals surface area contributed by atoms with Crippen LogP contribution < -0.4 is 5.32 Å². The van der Waals surface area contributed by atoms with Crippen molar-refractivity contribution >= 4 is 66.3 Å². The van der Waals surface area contributed by atoms with Crippen molar-refractivity contribution in [2.24, 2.45) is 9.98 Å². The van der Waals surface area contributed by atoms with Crippen LogP contribution in [0, 0.1) is 0 Å². The number of furan rings is 2. The van der Waals surface area contributed by atoms with E-state index in [0.29, 0.717) is 5.84 Å². The molecule has 5 heteroatoms. The van der Waals surface area contributed by atoms with E-state index in [9.17, 15) is 0 Å². The molecule has 1 atom stereocenters. The van der Waals surface area contributed by atoms with E-state index in [2.05, 4.69) is 163 Å². The van der Waals surface area contributed by atoms with Gasteiger partial charge in [0.25, 0.3) is 0 Å². The number of nitrogens with zero attached hydrogens (tertiary/aromatic N) is 2. The van der Waals surface area contributed by atoms with Crippen molar-refractivity contribution in [1.82, 2.24) is 5.32 Å². The lowest BCUT2D eigenvalue weighted by Crippen LogP contribution is -2.33. The first-order valence-electron chi connectivity index (χ1n) is 20.2. The second-order valence-electron chi connectivity index (χ2n) is 15.4. The van der Waals surface area contributed by atoms with Crippen molar-refractivity contribution in [3.63, 3.8) is 0 Å². The summed E-state index contributed by atoms with van der Waals surface area (Å²) in [5.41, 5.74) is 13.3. The topological polar surface area (TPSA) is 63.0 Å². The number of rotatable bonds is 6. The van der Waals surface area contributed by atoms with Gasteiger partial charge in [-0.2, -0.15) is 0 Å². The van der Waals surface area contributed by atoms with Crippen molar-refractivity contribution in [3.05, 3.63) is 217 Å². The van der Waals surface area contributed by atoms with E-state index in [1.807, 2.05) is 42.5 Å². The number of para-hydroxylation sites is 1. The Morgan fingerprint density at radius 3 is 1.75 bits per heavy atom. The first kappa shape index (κ1) is 34.1. The average Bonchev–Trinajstić information content (AvgIpc) is 3.90. The van der Waals surface area contributed by atoms with Crippen molar-refractivity contribution in [1.29, 1.82) is 0 Å². The Labute approximate surface area is 345 Å². The monoisotopic (exact) mass is 769 g/mol. The molecule has 0 amide bonds. The summed E-state index contributed by atoms with van der Waals surface area (Å²) in [6.45, 7) is 0. The van der Waals surface area contributed by atoms with Gasteiger partial charge in [0.15, 0.2) is 5.84 Å². The smallest absolute Gasteiger partial charge is 0.159 e. The zero-order valence-electron chi connectivity index (χ0n) is 32.3. The number of benzene rings is 9. The third-order valence-electron chi connectivity index (χ3n) is 11.7. The average molecular weight is 770 g/mol. The Balaban J connectivity index is 0.932. The predicted octanol–water partition coefficient (Wildman–Crippen LogP) is 14.1. The highest BCUT2D eigenvalue weighted by Gasteiger charge is 2.24. The van der Waals surface area contributed by atoms with E-state index in [1.165, 1.54) is 11.1 Å². The molecule has 5 nitrogen and oxygen atoms in total. The number of hydrogen-bond donors (Lipinski definition) is 1. The SMILES string of the molecule is c1ccc(-c2ccc(C3=NC(c4ccc5cc(-c6cccc7oc8cc(-c9ccccc9)ccc8c67)ccc5c4)NC(c4cccc5oc6ccccc6c45)=N3)cc2)cc1. The standard InChI is InChI=1S/C55H35N3O2/c1-3-11-34(12-4-1)36-21-23-37(24-22-36)53-56-54(58-55(57-53)46-17-10-20-49-52(46)44-15-7-8-18-47(44)59-49)42-28-26-38-31-41(27-25-39(38)32-42)43-16-9-19-48-51(43)45-30-29-40(33-50(45)60-48)35-13-5-2-6-14-35/h1-33,54H,(H,56,57,58). The fraction of sp³-hybridized carbons (Fsp3) is 0.0182. The van der Waals surface area contributed by atoms with E-state index in [0.717, 1.165) is 99.4 Å². The molecule has 0 radical (unpaired) electrons. The lowest BCUT2D eigenvalue weighted by Gasteiger charge is -2.24. The van der Waals surface area contributed by atoms with Gasteiger partial charge in [0.2, 0.25) is 0 Å².